The number of hydrogen-bond acceptors (Lipinski definition) is 1. The second kappa shape index (κ2) is 5.23. The summed E-state index contributed by atoms with van der Waals surface area (Å²) in [5.74, 6) is 0.826. The van der Waals surface area contributed by atoms with Crippen LogP contribution >= 0.6 is 0 Å². The summed E-state index contributed by atoms with van der Waals surface area (Å²) >= 11 is 0. The Kier molecular flexibility index (Phi) is 3.93. The topological polar surface area (TPSA) is 12.0 Å². The first-order chi connectivity index (χ1) is 6.74. The molecular formula is C11H11F2N. The molecule has 0 aliphatic rings. The van der Waals surface area contributed by atoms with Gasteiger partial charge in [-0.05, 0) is 24.6 Å². The highest BCUT2D eigenvalue weighted by atomic mass is 19.2. The van der Waals surface area contributed by atoms with Gasteiger partial charge in [-0.1, -0.05) is 0 Å². The zero-order valence-electron chi connectivity index (χ0n) is 7.69. The number of rotatable bonds is 4. The van der Waals surface area contributed by atoms with Gasteiger partial charge in [-0.15, -0.1) is 12.3 Å². The van der Waals surface area contributed by atoms with Gasteiger partial charge in [0.05, 0.1) is 0 Å². The van der Waals surface area contributed by atoms with Gasteiger partial charge in [0, 0.05) is 18.7 Å². The Labute approximate surface area is 82.1 Å². The highest BCUT2D eigenvalue weighted by Crippen LogP contribution is 2.12. The van der Waals surface area contributed by atoms with Crippen LogP contribution in [-0.4, -0.2) is 6.54 Å². The monoisotopic (exact) mass is 195 g/mol. The van der Waals surface area contributed by atoms with E-state index in [0.717, 1.165) is 18.6 Å². The molecule has 1 nitrogen and oxygen atoms in total. The molecule has 0 unspecified atom stereocenters. The van der Waals surface area contributed by atoms with Gasteiger partial charge >= 0.3 is 0 Å². The summed E-state index contributed by atoms with van der Waals surface area (Å²) in [7, 11) is 0. The van der Waals surface area contributed by atoms with Crippen LogP contribution in [0.25, 0.3) is 0 Å². The number of anilines is 1. The molecule has 3 heteroatoms. The van der Waals surface area contributed by atoms with E-state index in [4.69, 9.17) is 6.42 Å². The van der Waals surface area contributed by atoms with Crippen LogP contribution in [0, 0.1) is 24.0 Å². The van der Waals surface area contributed by atoms with Crippen LogP contribution in [0.15, 0.2) is 18.2 Å². The Bertz CT molecular complexity index is 342. The van der Waals surface area contributed by atoms with E-state index < -0.39 is 11.6 Å². The fraction of sp³-hybridized carbons (Fsp3) is 0.273. The van der Waals surface area contributed by atoms with E-state index in [1.807, 2.05) is 0 Å². The summed E-state index contributed by atoms with van der Waals surface area (Å²) in [6.07, 6.45) is 6.56. The Morgan fingerprint density at radius 3 is 2.71 bits per heavy atom. The third-order valence-corrected chi connectivity index (χ3v) is 1.75. The van der Waals surface area contributed by atoms with Gasteiger partial charge in [0.25, 0.3) is 0 Å². The number of hydrogen-bond donors (Lipinski definition) is 1. The molecule has 0 radical (unpaired) electrons. The number of halogens is 2. The Balaban J connectivity index is 2.44. The lowest BCUT2D eigenvalue weighted by molar-refractivity contribution is 0.509. The zero-order chi connectivity index (χ0) is 10.4. The molecule has 0 heterocycles. The van der Waals surface area contributed by atoms with Crippen LogP contribution in [0.2, 0.25) is 0 Å². The molecule has 0 aromatic heterocycles. The van der Waals surface area contributed by atoms with Crippen LogP contribution in [-0.2, 0) is 0 Å². The van der Waals surface area contributed by atoms with Crippen LogP contribution < -0.4 is 5.32 Å². The number of benzene rings is 1. The van der Waals surface area contributed by atoms with Crippen molar-refractivity contribution < 1.29 is 8.78 Å². The number of terminal acetylenes is 1. The van der Waals surface area contributed by atoms with Crippen molar-refractivity contribution in [2.75, 3.05) is 11.9 Å². The first-order valence-electron chi connectivity index (χ1n) is 4.36. The van der Waals surface area contributed by atoms with Gasteiger partial charge in [0.2, 0.25) is 0 Å². The number of nitrogens with one attached hydrogen (secondary N) is 1. The molecule has 0 amide bonds. The Morgan fingerprint density at radius 2 is 2.07 bits per heavy atom. The smallest absolute Gasteiger partial charge is 0.160 e. The van der Waals surface area contributed by atoms with Crippen molar-refractivity contribution in [1.29, 1.82) is 0 Å². The fourth-order valence-electron chi connectivity index (χ4n) is 1.03. The van der Waals surface area contributed by atoms with Gasteiger partial charge in [0.15, 0.2) is 11.6 Å². The lowest BCUT2D eigenvalue weighted by Gasteiger charge is -2.04. The minimum Gasteiger partial charge on any atom is -0.385 e. The maximum absolute atomic E-state index is 12.7. The van der Waals surface area contributed by atoms with Crippen LogP contribution in [0.3, 0.4) is 0 Å². The van der Waals surface area contributed by atoms with Crippen molar-refractivity contribution >= 4 is 5.69 Å². The molecule has 1 aromatic carbocycles. The molecule has 1 aromatic rings. The molecule has 0 spiro atoms. The van der Waals surface area contributed by atoms with Gasteiger partial charge in [0.1, 0.15) is 0 Å². The van der Waals surface area contributed by atoms with Crippen LogP contribution in [0.5, 0.6) is 0 Å². The second-order valence-corrected chi connectivity index (χ2v) is 2.86. The molecular weight excluding hydrogens is 184 g/mol. The summed E-state index contributed by atoms with van der Waals surface area (Å²) in [5, 5.41) is 2.95. The van der Waals surface area contributed by atoms with Gasteiger partial charge < -0.3 is 5.32 Å². The van der Waals surface area contributed by atoms with Crippen molar-refractivity contribution in [2.24, 2.45) is 0 Å². The van der Waals surface area contributed by atoms with Crippen molar-refractivity contribution in [3.8, 4) is 12.3 Å². The molecule has 14 heavy (non-hydrogen) atoms. The molecule has 74 valence electrons. The second-order valence-electron chi connectivity index (χ2n) is 2.86. The molecule has 1 rings (SSSR count). The molecule has 0 fully saturated rings. The summed E-state index contributed by atoms with van der Waals surface area (Å²) in [6.45, 7) is 0.662. The normalized spacial score (nSPS) is 9.50. The lowest BCUT2D eigenvalue weighted by Crippen LogP contribution is -2.01. The van der Waals surface area contributed by atoms with Crippen molar-refractivity contribution in [3.05, 3.63) is 29.8 Å². The predicted molar refractivity (Wildman–Crippen MR) is 52.9 cm³/mol. The predicted octanol–water partition coefficient (Wildman–Crippen LogP) is 2.79. The van der Waals surface area contributed by atoms with E-state index >= 15 is 0 Å². The number of unbranched alkanes of at least 4 members (excludes halogenated alkanes) is 1. The van der Waals surface area contributed by atoms with E-state index in [-0.39, 0.29) is 0 Å². The maximum Gasteiger partial charge on any atom is 0.160 e. The summed E-state index contributed by atoms with van der Waals surface area (Å²) in [5.41, 5.74) is 0.570. The van der Waals surface area contributed by atoms with Crippen molar-refractivity contribution in [2.45, 2.75) is 12.8 Å². The lowest BCUT2D eigenvalue weighted by atomic mass is 10.2. The summed E-state index contributed by atoms with van der Waals surface area (Å²) in [6, 6.07) is 3.72. The van der Waals surface area contributed by atoms with Gasteiger partial charge in [-0.2, -0.15) is 0 Å². The third-order valence-electron chi connectivity index (χ3n) is 1.75. The average molecular weight is 195 g/mol. The largest absolute Gasteiger partial charge is 0.385 e. The quantitative estimate of drug-likeness (QED) is 0.575. The Morgan fingerprint density at radius 1 is 1.29 bits per heavy atom. The van der Waals surface area contributed by atoms with E-state index in [1.54, 1.807) is 0 Å². The van der Waals surface area contributed by atoms with Crippen LogP contribution in [0.4, 0.5) is 14.5 Å². The molecule has 0 aliphatic heterocycles. The minimum absolute atomic E-state index is 0.570. The molecule has 1 N–H and O–H groups in total. The van der Waals surface area contributed by atoms with E-state index in [1.165, 1.54) is 6.07 Å². The van der Waals surface area contributed by atoms with Crippen LogP contribution in [0.1, 0.15) is 12.8 Å². The molecule has 0 saturated carbocycles. The highest BCUT2D eigenvalue weighted by Gasteiger charge is 2.00. The standard InChI is InChI=1S/C11H11F2N/c1-2-3-4-7-14-9-5-6-10(12)11(13)8-9/h1,5-6,8,14H,3-4,7H2. The molecule has 0 saturated heterocycles. The van der Waals surface area contributed by atoms with Gasteiger partial charge in [-0.3, -0.25) is 0 Å². The summed E-state index contributed by atoms with van der Waals surface area (Å²) < 4.78 is 25.2. The Hall–Kier alpha value is -1.56. The first-order valence-corrected chi connectivity index (χ1v) is 4.36. The first kappa shape index (κ1) is 10.5. The molecule has 0 bridgehead atoms. The van der Waals surface area contributed by atoms with Crippen molar-refractivity contribution in [1.82, 2.24) is 0 Å². The average Bonchev–Trinajstić information content (AvgIpc) is 2.18. The SMILES string of the molecule is C#CCCCNc1ccc(F)c(F)c1. The third kappa shape index (κ3) is 3.06. The van der Waals surface area contributed by atoms with E-state index in [9.17, 15) is 8.78 Å². The minimum atomic E-state index is -0.841. The van der Waals surface area contributed by atoms with E-state index in [0.29, 0.717) is 18.7 Å². The highest BCUT2D eigenvalue weighted by molar-refractivity contribution is 5.43. The zero-order valence-corrected chi connectivity index (χ0v) is 7.69. The molecule has 0 atom stereocenters. The van der Waals surface area contributed by atoms with E-state index in [2.05, 4.69) is 11.2 Å². The van der Waals surface area contributed by atoms with Crippen molar-refractivity contribution in [3.63, 3.8) is 0 Å². The summed E-state index contributed by atoms with van der Waals surface area (Å²) in [4.78, 5) is 0. The fourth-order valence-corrected chi connectivity index (χ4v) is 1.03. The maximum atomic E-state index is 12.7. The van der Waals surface area contributed by atoms with Gasteiger partial charge in [-0.25, -0.2) is 8.78 Å². The molecule has 0 aliphatic carbocycles.